The summed E-state index contributed by atoms with van der Waals surface area (Å²) in [5.41, 5.74) is 5.66. The molecule has 0 aromatic rings. The third kappa shape index (κ3) is 3.29. The van der Waals surface area contributed by atoms with E-state index in [4.69, 9.17) is 17.3 Å². The van der Waals surface area contributed by atoms with Gasteiger partial charge in [0.25, 0.3) is 0 Å². The molecule has 2 unspecified atom stereocenters. The van der Waals surface area contributed by atoms with E-state index in [-0.39, 0.29) is 0 Å². The zero-order chi connectivity index (χ0) is 9.84. The largest absolute Gasteiger partial charge is 0.330 e. The van der Waals surface area contributed by atoms with Crippen LogP contribution in [-0.2, 0) is 0 Å². The second-order valence-corrected chi connectivity index (χ2v) is 4.51. The van der Waals surface area contributed by atoms with Crippen LogP contribution in [0.3, 0.4) is 0 Å². The molecule has 1 heterocycles. The molecule has 1 saturated heterocycles. The normalized spacial score (nSPS) is 30.4. The highest BCUT2D eigenvalue weighted by molar-refractivity contribution is 6.29. The maximum absolute atomic E-state index is 5.80. The Bertz CT molecular complexity index is 182. The van der Waals surface area contributed by atoms with Gasteiger partial charge in [-0.3, -0.25) is 4.90 Å². The first kappa shape index (κ1) is 11.0. The third-order valence-corrected chi connectivity index (χ3v) is 2.94. The van der Waals surface area contributed by atoms with E-state index in [2.05, 4.69) is 18.4 Å². The molecule has 2 atom stereocenters. The van der Waals surface area contributed by atoms with Crippen LogP contribution in [0.1, 0.15) is 19.8 Å². The first-order valence-electron chi connectivity index (χ1n) is 4.91. The van der Waals surface area contributed by atoms with Crippen LogP contribution in [0.2, 0.25) is 0 Å². The van der Waals surface area contributed by atoms with E-state index in [0.717, 1.165) is 24.7 Å². The van der Waals surface area contributed by atoms with Crippen LogP contribution < -0.4 is 5.73 Å². The lowest BCUT2D eigenvalue weighted by Gasteiger charge is -2.37. The lowest BCUT2D eigenvalue weighted by atomic mass is 9.93. The van der Waals surface area contributed by atoms with Crippen molar-refractivity contribution in [3.05, 3.63) is 11.6 Å². The summed E-state index contributed by atoms with van der Waals surface area (Å²) in [5.74, 6) is 0.646. The summed E-state index contributed by atoms with van der Waals surface area (Å²) in [6.07, 6.45) is 2.48. The number of piperidine rings is 1. The Balaban J connectivity index is 2.44. The van der Waals surface area contributed by atoms with Gasteiger partial charge in [-0.05, 0) is 32.2 Å². The number of nitrogens with zero attached hydrogens (tertiary/aromatic N) is 1. The molecular weight excluding hydrogens is 184 g/mol. The summed E-state index contributed by atoms with van der Waals surface area (Å²) in [7, 11) is 0. The molecule has 13 heavy (non-hydrogen) atoms. The molecule has 2 nitrogen and oxygen atoms in total. The third-order valence-electron chi connectivity index (χ3n) is 2.82. The van der Waals surface area contributed by atoms with Crippen molar-refractivity contribution < 1.29 is 0 Å². The number of nitrogens with two attached hydrogens (primary N) is 1. The average Bonchev–Trinajstić information content (AvgIpc) is 2.08. The van der Waals surface area contributed by atoms with Gasteiger partial charge < -0.3 is 5.73 Å². The van der Waals surface area contributed by atoms with E-state index in [9.17, 15) is 0 Å². The predicted octanol–water partition coefficient (Wildman–Crippen LogP) is 1.80. The maximum Gasteiger partial charge on any atom is 0.0338 e. The van der Waals surface area contributed by atoms with Gasteiger partial charge in [-0.1, -0.05) is 18.2 Å². The topological polar surface area (TPSA) is 29.3 Å². The van der Waals surface area contributed by atoms with Crippen molar-refractivity contribution in [2.75, 3.05) is 19.6 Å². The summed E-state index contributed by atoms with van der Waals surface area (Å²) in [6, 6.07) is 0.623. The zero-order valence-electron chi connectivity index (χ0n) is 8.30. The summed E-state index contributed by atoms with van der Waals surface area (Å²) in [5, 5.41) is 0.726. The SMILES string of the molecule is C=C(Cl)CN1CC(CN)CCC1C. The first-order chi connectivity index (χ1) is 6.13. The van der Waals surface area contributed by atoms with Gasteiger partial charge in [0.05, 0.1) is 0 Å². The minimum absolute atomic E-state index is 0.623. The van der Waals surface area contributed by atoms with Crippen molar-refractivity contribution >= 4 is 11.6 Å². The van der Waals surface area contributed by atoms with E-state index >= 15 is 0 Å². The molecule has 0 radical (unpaired) electrons. The molecule has 0 saturated carbocycles. The fourth-order valence-corrected chi connectivity index (χ4v) is 2.05. The Morgan fingerprint density at radius 2 is 2.31 bits per heavy atom. The van der Waals surface area contributed by atoms with E-state index in [0.29, 0.717) is 12.0 Å². The molecule has 0 amide bonds. The number of halogens is 1. The molecule has 0 spiro atoms. The second-order valence-electron chi connectivity index (χ2n) is 3.97. The Hall–Kier alpha value is -0.0500. The molecule has 0 aromatic carbocycles. The van der Waals surface area contributed by atoms with Crippen molar-refractivity contribution in [2.24, 2.45) is 11.7 Å². The summed E-state index contributed by atoms with van der Waals surface area (Å²) in [4.78, 5) is 2.37. The minimum Gasteiger partial charge on any atom is -0.330 e. The van der Waals surface area contributed by atoms with Gasteiger partial charge in [-0.2, -0.15) is 0 Å². The molecule has 3 heteroatoms. The van der Waals surface area contributed by atoms with Gasteiger partial charge in [-0.15, -0.1) is 0 Å². The molecule has 0 aliphatic carbocycles. The van der Waals surface area contributed by atoms with E-state index < -0.39 is 0 Å². The molecule has 0 bridgehead atoms. The van der Waals surface area contributed by atoms with Crippen LogP contribution in [0.5, 0.6) is 0 Å². The summed E-state index contributed by atoms with van der Waals surface area (Å²) in [6.45, 7) is 8.64. The quantitative estimate of drug-likeness (QED) is 0.757. The van der Waals surface area contributed by atoms with Gasteiger partial charge in [0.2, 0.25) is 0 Å². The fourth-order valence-electron chi connectivity index (χ4n) is 1.90. The Kier molecular flexibility index (Phi) is 4.23. The van der Waals surface area contributed by atoms with E-state index in [1.165, 1.54) is 12.8 Å². The first-order valence-corrected chi connectivity index (χ1v) is 5.28. The standard InChI is InChI=1S/C10H19ClN2/c1-8(11)6-13-7-10(5-12)4-3-9(13)2/h9-10H,1,3-7,12H2,2H3. The minimum atomic E-state index is 0.623. The lowest BCUT2D eigenvalue weighted by molar-refractivity contribution is 0.134. The molecular formula is C10H19ClN2. The van der Waals surface area contributed by atoms with Crippen molar-refractivity contribution in [1.82, 2.24) is 4.90 Å². The number of hydrogen-bond acceptors (Lipinski definition) is 2. The molecule has 1 rings (SSSR count). The molecule has 2 N–H and O–H groups in total. The lowest BCUT2D eigenvalue weighted by Crippen LogP contribution is -2.44. The maximum atomic E-state index is 5.80. The highest BCUT2D eigenvalue weighted by Gasteiger charge is 2.24. The highest BCUT2D eigenvalue weighted by atomic mass is 35.5. The van der Waals surface area contributed by atoms with Gasteiger partial charge in [0.15, 0.2) is 0 Å². The molecule has 1 aliphatic heterocycles. The highest BCUT2D eigenvalue weighted by Crippen LogP contribution is 2.22. The van der Waals surface area contributed by atoms with Crippen molar-refractivity contribution in [2.45, 2.75) is 25.8 Å². The van der Waals surface area contributed by atoms with Gasteiger partial charge in [0.1, 0.15) is 0 Å². The number of likely N-dealkylation sites (tertiary alicyclic amines) is 1. The smallest absolute Gasteiger partial charge is 0.0338 e. The van der Waals surface area contributed by atoms with Crippen LogP contribution in [0, 0.1) is 5.92 Å². The van der Waals surface area contributed by atoms with Gasteiger partial charge >= 0.3 is 0 Å². The molecule has 76 valence electrons. The van der Waals surface area contributed by atoms with Crippen molar-refractivity contribution in [1.29, 1.82) is 0 Å². The molecule has 1 aliphatic rings. The van der Waals surface area contributed by atoms with Crippen LogP contribution in [0.15, 0.2) is 11.6 Å². The zero-order valence-corrected chi connectivity index (χ0v) is 9.06. The van der Waals surface area contributed by atoms with Crippen LogP contribution in [0.25, 0.3) is 0 Å². The summed E-state index contributed by atoms with van der Waals surface area (Å²) >= 11 is 5.80. The second kappa shape index (κ2) is 4.99. The van der Waals surface area contributed by atoms with Crippen LogP contribution in [0.4, 0.5) is 0 Å². The Morgan fingerprint density at radius 3 is 2.85 bits per heavy atom. The van der Waals surface area contributed by atoms with Crippen molar-refractivity contribution in [3.63, 3.8) is 0 Å². The summed E-state index contributed by atoms with van der Waals surface area (Å²) < 4.78 is 0. The fraction of sp³-hybridized carbons (Fsp3) is 0.800. The van der Waals surface area contributed by atoms with Crippen LogP contribution >= 0.6 is 11.6 Å². The monoisotopic (exact) mass is 202 g/mol. The Morgan fingerprint density at radius 1 is 1.62 bits per heavy atom. The van der Waals surface area contributed by atoms with E-state index in [1.54, 1.807) is 0 Å². The van der Waals surface area contributed by atoms with Crippen LogP contribution in [-0.4, -0.2) is 30.6 Å². The predicted molar refractivity (Wildman–Crippen MR) is 57.8 cm³/mol. The Labute approximate surface area is 85.7 Å². The van der Waals surface area contributed by atoms with Gasteiger partial charge in [0, 0.05) is 24.2 Å². The molecule has 0 aromatic heterocycles. The number of rotatable bonds is 3. The van der Waals surface area contributed by atoms with E-state index in [1.807, 2.05) is 0 Å². The number of hydrogen-bond donors (Lipinski definition) is 1. The van der Waals surface area contributed by atoms with Gasteiger partial charge in [-0.25, -0.2) is 0 Å². The molecule has 1 fully saturated rings. The average molecular weight is 203 g/mol. The van der Waals surface area contributed by atoms with Crippen molar-refractivity contribution in [3.8, 4) is 0 Å².